The van der Waals surface area contributed by atoms with Gasteiger partial charge in [0.25, 0.3) is 0 Å². The van der Waals surface area contributed by atoms with Gasteiger partial charge in [0.2, 0.25) is 0 Å². The highest BCUT2D eigenvalue weighted by Gasteiger charge is 2.66. The minimum Gasteiger partial charge on any atom is -0.458 e. The van der Waals surface area contributed by atoms with E-state index in [4.69, 9.17) is 18.9 Å². The third kappa shape index (κ3) is 4.21. The molecule has 8 atom stereocenters. The topological polar surface area (TPSA) is 125 Å². The van der Waals surface area contributed by atoms with Crippen LogP contribution in [0.2, 0.25) is 0 Å². The van der Waals surface area contributed by atoms with Crippen LogP contribution in [0.4, 0.5) is 0 Å². The molecule has 3 aliphatic rings. The fraction of sp³-hybridized carbons (Fsp3) is 0.583. The molecule has 1 saturated carbocycles. The number of aliphatic hydroxyl groups is 1. The van der Waals surface area contributed by atoms with E-state index in [9.17, 15) is 24.3 Å². The van der Waals surface area contributed by atoms with Gasteiger partial charge in [-0.1, -0.05) is 18.2 Å². The standard InChI is InChI=1S/C24H30O9/c1-8-10(2)22(27)33-20-17-12(4)23(28)32-19(17)16-11(3)9-15(30-13(5)25)18(16)24(7,29)21(20)31-14(6)26/h8-9,15-21,29H,4H2,1-3,5-7H3/b10-8+. The van der Waals surface area contributed by atoms with E-state index >= 15 is 0 Å². The van der Waals surface area contributed by atoms with E-state index in [0.717, 1.165) is 5.57 Å². The van der Waals surface area contributed by atoms with Crippen molar-refractivity contribution in [1.29, 1.82) is 0 Å². The highest BCUT2D eigenvalue weighted by Crippen LogP contribution is 2.54. The van der Waals surface area contributed by atoms with Crippen LogP contribution in [0.5, 0.6) is 0 Å². The van der Waals surface area contributed by atoms with Gasteiger partial charge in [-0.25, -0.2) is 9.59 Å². The minimum absolute atomic E-state index is 0.0493. The Morgan fingerprint density at radius 3 is 2.27 bits per heavy atom. The first-order valence-corrected chi connectivity index (χ1v) is 10.8. The van der Waals surface area contributed by atoms with E-state index in [1.54, 1.807) is 32.9 Å². The van der Waals surface area contributed by atoms with Crippen molar-refractivity contribution in [3.8, 4) is 0 Å². The molecule has 0 spiro atoms. The van der Waals surface area contributed by atoms with Crippen molar-refractivity contribution < 1.29 is 43.2 Å². The molecule has 8 unspecified atom stereocenters. The van der Waals surface area contributed by atoms with Crippen molar-refractivity contribution in [2.45, 2.75) is 71.6 Å². The summed E-state index contributed by atoms with van der Waals surface area (Å²) in [5, 5.41) is 11.8. The van der Waals surface area contributed by atoms with Gasteiger partial charge in [0.05, 0.1) is 5.92 Å². The van der Waals surface area contributed by atoms with E-state index in [-0.39, 0.29) is 5.57 Å². The fourth-order valence-electron chi connectivity index (χ4n) is 5.25. The first kappa shape index (κ1) is 24.7. The average Bonchev–Trinajstić information content (AvgIpc) is 3.16. The lowest BCUT2D eigenvalue weighted by atomic mass is 9.74. The van der Waals surface area contributed by atoms with Crippen molar-refractivity contribution in [3.05, 3.63) is 35.5 Å². The molecule has 0 bridgehead atoms. The summed E-state index contributed by atoms with van der Waals surface area (Å²) < 4.78 is 22.4. The van der Waals surface area contributed by atoms with Crippen molar-refractivity contribution in [2.75, 3.05) is 0 Å². The second-order valence-electron chi connectivity index (χ2n) is 9.05. The molecule has 1 heterocycles. The zero-order valence-electron chi connectivity index (χ0n) is 19.6. The molecular weight excluding hydrogens is 432 g/mol. The lowest BCUT2D eigenvalue weighted by Crippen LogP contribution is -2.58. The molecule has 9 heteroatoms. The Morgan fingerprint density at radius 1 is 1.12 bits per heavy atom. The van der Waals surface area contributed by atoms with Gasteiger partial charge >= 0.3 is 23.9 Å². The molecule has 1 aliphatic heterocycles. The van der Waals surface area contributed by atoms with Gasteiger partial charge in [0.15, 0.2) is 12.2 Å². The second-order valence-corrected chi connectivity index (χ2v) is 9.05. The normalized spacial score (nSPS) is 37.8. The largest absolute Gasteiger partial charge is 0.458 e. The number of ether oxygens (including phenoxy) is 4. The average molecular weight is 462 g/mol. The molecule has 0 radical (unpaired) electrons. The van der Waals surface area contributed by atoms with Gasteiger partial charge in [0, 0.05) is 36.8 Å². The van der Waals surface area contributed by atoms with Crippen LogP contribution in [0.15, 0.2) is 35.5 Å². The van der Waals surface area contributed by atoms with Gasteiger partial charge in [0.1, 0.15) is 17.8 Å². The number of hydrogen-bond donors (Lipinski definition) is 1. The lowest BCUT2D eigenvalue weighted by Gasteiger charge is -2.42. The highest BCUT2D eigenvalue weighted by atomic mass is 16.6. The zero-order chi connectivity index (χ0) is 24.8. The molecule has 33 heavy (non-hydrogen) atoms. The summed E-state index contributed by atoms with van der Waals surface area (Å²) in [6.07, 6.45) is -1.17. The Bertz CT molecular complexity index is 957. The van der Waals surface area contributed by atoms with Crippen molar-refractivity contribution in [1.82, 2.24) is 0 Å². The highest BCUT2D eigenvalue weighted by molar-refractivity contribution is 5.92. The molecule has 0 aromatic carbocycles. The lowest BCUT2D eigenvalue weighted by molar-refractivity contribution is -0.202. The van der Waals surface area contributed by atoms with Gasteiger partial charge in [-0.05, 0) is 33.8 Å². The molecule has 180 valence electrons. The third-order valence-electron chi connectivity index (χ3n) is 6.81. The number of carbonyl (C=O) groups excluding carboxylic acids is 4. The number of fused-ring (bicyclic) bond motifs is 3. The van der Waals surface area contributed by atoms with Crippen LogP contribution in [-0.4, -0.2) is 59.0 Å². The maximum atomic E-state index is 12.7. The minimum atomic E-state index is -1.84. The zero-order valence-corrected chi connectivity index (χ0v) is 19.6. The van der Waals surface area contributed by atoms with Crippen LogP contribution in [0.25, 0.3) is 0 Å². The number of rotatable bonds is 4. The van der Waals surface area contributed by atoms with Crippen LogP contribution in [0.1, 0.15) is 41.5 Å². The van der Waals surface area contributed by atoms with Crippen LogP contribution >= 0.6 is 0 Å². The van der Waals surface area contributed by atoms with Gasteiger partial charge in [-0.2, -0.15) is 0 Å². The Morgan fingerprint density at radius 2 is 1.73 bits per heavy atom. The summed E-state index contributed by atoms with van der Waals surface area (Å²) in [5.41, 5.74) is -0.770. The molecular formula is C24H30O9. The molecule has 9 nitrogen and oxygen atoms in total. The molecule has 1 N–H and O–H groups in total. The predicted octanol–water partition coefficient (Wildman–Crippen LogP) is 1.78. The smallest absolute Gasteiger partial charge is 0.334 e. The van der Waals surface area contributed by atoms with Gasteiger partial charge < -0.3 is 24.1 Å². The first-order valence-electron chi connectivity index (χ1n) is 10.8. The van der Waals surface area contributed by atoms with E-state index in [0.29, 0.717) is 5.57 Å². The molecule has 0 amide bonds. The van der Waals surface area contributed by atoms with Crippen molar-refractivity contribution >= 4 is 23.9 Å². The number of esters is 4. The monoisotopic (exact) mass is 462 g/mol. The second kappa shape index (κ2) is 8.78. The quantitative estimate of drug-likeness (QED) is 0.288. The summed E-state index contributed by atoms with van der Waals surface area (Å²) >= 11 is 0. The van der Waals surface area contributed by atoms with Crippen LogP contribution < -0.4 is 0 Å². The SMILES string of the molecule is C=C1C(=O)OC2C1C(OC(=O)/C(C)=C/C)C(OC(C)=O)C(C)(O)C1C(OC(C)=O)C=C(C)C21. The van der Waals surface area contributed by atoms with Gasteiger partial charge in [-0.15, -0.1) is 0 Å². The van der Waals surface area contributed by atoms with E-state index < -0.39 is 71.6 Å². The third-order valence-corrected chi connectivity index (χ3v) is 6.81. The van der Waals surface area contributed by atoms with E-state index in [1.165, 1.54) is 20.8 Å². The molecule has 3 rings (SSSR count). The molecule has 1 saturated heterocycles. The fourth-order valence-corrected chi connectivity index (χ4v) is 5.25. The van der Waals surface area contributed by atoms with Crippen molar-refractivity contribution in [3.63, 3.8) is 0 Å². The van der Waals surface area contributed by atoms with Crippen molar-refractivity contribution in [2.24, 2.45) is 17.8 Å². The maximum Gasteiger partial charge on any atom is 0.334 e. The Labute approximate surface area is 192 Å². The summed E-state index contributed by atoms with van der Waals surface area (Å²) in [7, 11) is 0. The van der Waals surface area contributed by atoms with E-state index in [2.05, 4.69) is 6.58 Å². The summed E-state index contributed by atoms with van der Waals surface area (Å²) in [6, 6.07) is 0. The molecule has 0 aromatic heterocycles. The van der Waals surface area contributed by atoms with Crippen LogP contribution in [0.3, 0.4) is 0 Å². The maximum absolute atomic E-state index is 12.7. The van der Waals surface area contributed by atoms with Crippen LogP contribution in [0, 0.1) is 17.8 Å². The van der Waals surface area contributed by atoms with Crippen LogP contribution in [-0.2, 0) is 38.1 Å². The number of carbonyl (C=O) groups is 4. The summed E-state index contributed by atoms with van der Waals surface area (Å²) in [4.78, 5) is 49.2. The summed E-state index contributed by atoms with van der Waals surface area (Å²) in [5.74, 6) is -4.98. The summed E-state index contributed by atoms with van der Waals surface area (Å²) in [6.45, 7) is 12.7. The molecule has 0 aromatic rings. The first-order chi connectivity index (χ1) is 15.3. The Balaban J connectivity index is 2.21. The van der Waals surface area contributed by atoms with Gasteiger partial charge in [-0.3, -0.25) is 9.59 Å². The van der Waals surface area contributed by atoms with E-state index in [1.807, 2.05) is 0 Å². The molecule has 2 fully saturated rings. The Hall–Kier alpha value is -2.94. The number of allylic oxidation sites excluding steroid dienone is 1. The molecule has 2 aliphatic carbocycles. The predicted molar refractivity (Wildman–Crippen MR) is 114 cm³/mol. The Kier molecular flexibility index (Phi) is 6.57. The number of hydrogen-bond acceptors (Lipinski definition) is 9.